The van der Waals surface area contributed by atoms with E-state index in [0.717, 1.165) is 6.42 Å². The highest BCUT2D eigenvalue weighted by molar-refractivity contribution is 5.95. The summed E-state index contributed by atoms with van der Waals surface area (Å²) in [5, 5.41) is 15.3. The lowest BCUT2D eigenvalue weighted by Gasteiger charge is -2.31. The van der Waals surface area contributed by atoms with Crippen LogP contribution in [0.5, 0.6) is 0 Å². The van der Waals surface area contributed by atoms with Crippen LogP contribution in [-0.4, -0.2) is 18.0 Å². The smallest absolute Gasteiger partial charge is 0.241 e. The van der Waals surface area contributed by atoms with Crippen LogP contribution < -0.4 is 10.6 Å². The van der Waals surface area contributed by atoms with Gasteiger partial charge in [0.05, 0.1) is 17.3 Å². The molecule has 1 fully saturated rings. The van der Waals surface area contributed by atoms with Crippen LogP contribution in [0, 0.1) is 17.2 Å². The quantitative estimate of drug-likeness (QED) is 0.893. The highest BCUT2D eigenvalue weighted by Gasteiger charge is 2.25. The first kappa shape index (κ1) is 15.5. The fraction of sp³-hybridized carbons (Fsp3) is 0.529. The average molecular weight is 285 g/mol. The first-order valence-corrected chi connectivity index (χ1v) is 7.68. The van der Waals surface area contributed by atoms with Crippen molar-refractivity contribution in [2.24, 2.45) is 5.92 Å². The first-order chi connectivity index (χ1) is 10.1. The predicted octanol–water partition coefficient (Wildman–Crippen LogP) is 3.05. The number of anilines is 1. The van der Waals surface area contributed by atoms with Gasteiger partial charge in [0.2, 0.25) is 5.91 Å². The molecule has 0 saturated heterocycles. The summed E-state index contributed by atoms with van der Waals surface area (Å²) >= 11 is 0. The molecule has 0 aliphatic heterocycles. The van der Waals surface area contributed by atoms with Crippen molar-refractivity contribution in [3.05, 3.63) is 29.8 Å². The molecular weight excluding hydrogens is 262 g/mol. The van der Waals surface area contributed by atoms with Crippen LogP contribution in [0.1, 0.15) is 45.1 Å². The van der Waals surface area contributed by atoms with Gasteiger partial charge in [0.15, 0.2) is 0 Å². The van der Waals surface area contributed by atoms with Crippen molar-refractivity contribution in [3.8, 4) is 6.07 Å². The fourth-order valence-corrected chi connectivity index (χ4v) is 2.89. The van der Waals surface area contributed by atoms with Gasteiger partial charge in [-0.3, -0.25) is 4.79 Å². The van der Waals surface area contributed by atoms with E-state index in [1.807, 2.05) is 13.0 Å². The van der Waals surface area contributed by atoms with Crippen molar-refractivity contribution >= 4 is 11.6 Å². The van der Waals surface area contributed by atoms with E-state index < -0.39 is 0 Å². The molecule has 2 rings (SSSR count). The van der Waals surface area contributed by atoms with Gasteiger partial charge in [0, 0.05) is 6.04 Å². The summed E-state index contributed by atoms with van der Waals surface area (Å²) in [6, 6.07) is 9.31. The number of para-hydroxylation sites is 1. The summed E-state index contributed by atoms with van der Waals surface area (Å²) in [4.78, 5) is 12.3. The lowest BCUT2D eigenvalue weighted by Crippen LogP contribution is -2.47. The second kappa shape index (κ2) is 7.24. The van der Waals surface area contributed by atoms with E-state index in [9.17, 15) is 4.79 Å². The van der Waals surface area contributed by atoms with Gasteiger partial charge in [-0.2, -0.15) is 5.26 Å². The first-order valence-electron chi connectivity index (χ1n) is 7.68. The number of nitrogens with one attached hydrogen (secondary N) is 2. The third kappa shape index (κ3) is 4.05. The Morgan fingerprint density at radius 1 is 1.33 bits per heavy atom. The van der Waals surface area contributed by atoms with E-state index >= 15 is 0 Å². The van der Waals surface area contributed by atoms with Crippen molar-refractivity contribution in [3.63, 3.8) is 0 Å². The summed E-state index contributed by atoms with van der Waals surface area (Å²) in [5.41, 5.74) is 1.07. The van der Waals surface area contributed by atoms with Crippen molar-refractivity contribution in [2.45, 2.75) is 51.6 Å². The molecule has 1 saturated carbocycles. The number of nitriles is 1. The molecule has 3 atom stereocenters. The average Bonchev–Trinajstić information content (AvgIpc) is 2.50. The van der Waals surface area contributed by atoms with E-state index in [1.54, 1.807) is 18.2 Å². The molecular formula is C17H23N3O. The fourth-order valence-electron chi connectivity index (χ4n) is 2.89. The minimum atomic E-state index is -0.262. The number of amides is 1. The standard InChI is InChI=1S/C17H23N3O/c1-12-7-3-5-9-15(12)19-13(2)17(21)20-16-10-6-4-8-14(16)11-18/h4,6,8,10,12-13,15,19H,3,5,7,9H2,1-2H3,(H,20,21)/t12-,13+,15-/m1/s1. The number of carbonyl (C=O) groups is 1. The number of benzene rings is 1. The Labute approximate surface area is 126 Å². The van der Waals surface area contributed by atoms with E-state index in [4.69, 9.17) is 5.26 Å². The number of hydrogen-bond acceptors (Lipinski definition) is 3. The molecule has 0 heterocycles. The molecule has 1 aliphatic rings. The number of rotatable bonds is 4. The van der Waals surface area contributed by atoms with E-state index in [-0.39, 0.29) is 11.9 Å². The monoisotopic (exact) mass is 285 g/mol. The normalized spacial score (nSPS) is 23.1. The van der Waals surface area contributed by atoms with E-state index in [1.165, 1.54) is 19.3 Å². The lowest BCUT2D eigenvalue weighted by atomic mass is 9.85. The predicted molar refractivity (Wildman–Crippen MR) is 83.8 cm³/mol. The lowest BCUT2D eigenvalue weighted by molar-refractivity contribution is -0.118. The highest BCUT2D eigenvalue weighted by Crippen LogP contribution is 2.24. The Morgan fingerprint density at radius 3 is 2.76 bits per heavy atom. The van der Waals surface area contributed by atoms with Gasteiger partial charge >= 0.3 is 0 Å². The van der Waals surface area contributed by atoms with Crippen LogP contribution in [0.25, 0.3) is 0 Å². The maximum absolute atomic E-state index is 12.3. The second-order valence-corrected chi connectivity index (χ2v) is 5.90. The van der Waals surface area contributed by atoms with Crippen LogP contribution in [0.15, 0.2) is 24.3 Å². The van der Waals surface area contributed by atoms with Gasteiger partial charge < -0.3 is 10.6 Å². The van der Waals surface area contributed by atoms with Crippen LogP contribution in [0.2, 0.25) is 0 Å². The Hall–Kier alpha value is -1.86. The summed E-state index contributed by atoms with van der Waals surface area (Å²) in [5.74, 6) is 0.524. The van der Waals surface area contributed by atoms with Crippen LogP contribution >= 0.6 is 0 Å². The van der Waals surface area contributed by atoms with Gasteiger partial charge in [-0.25, -0.2) is 0 Å². The molecule has 1 aromatic rings. The van der Waals surface area contributed by atoms with Crippen molar-refractivity contribution in [1.29, 1.82) is 5.26 Å². The highest BCUT2D eigenvalue weighted by atomic mass is 16.2. The summed E-state index contributed by atoms with van der Waals surface area (Å²) in [6.07, 6.45) is 4.87. The van der Waals surface area contributed by atoms with E-state index in [2.05, 4.69) is 23.6 Å². The zero-order chi connectivity index (χ0) is 15.2. The molecule has 0 unspecified atom stereocenters. The molecule has 4 heteroatoms. The van der Waals surface area contributed by atoms with Gasteiger partial charge in [-0.15, -0.1) is 0 Å². The Morgan fingerprint density at radius 2 is 2.05 bits per heavy atom. The Kier molecular flexibility index (Phi) is 5.35. The molecule has 0 radical (unpaired) electrons. The molecule has 0 aromatic heterocycles. The SMILES string of the molecule is C[C@H](N[C@@H]1CCCC[C@H]1C)C(=O)Nc1ccccc1C#N. The number of hydrogen-bond donors (Lipinski definition) is 2. The van der Waals surface area contributed by atoms with Crippen molar-refractivity contribution < 1.29 is 4.79 Å². The zero-order valence-electron chi connectivity index (χ0n) is 12.7. The minimum absolute atomic E-state index is 0.0875. The summed E-state index contributed by atoms with van der Waals surface area (Å²) in [7, 11) is 0. The molecule has 21 heavy (non-hydrogen) atoms. The Balaban J connectivity index is 1.95. The van der Waals surface area contributed by atoms with Crippen molar-refractivity contribution in [2.75, 3.05) is 5.32 Å². The van der Waals surface area contributed by atoms with Crippen molar-refractivity contribution in [1.82, 2.24) is 5.32 Å². The second-order valence-electron chi connectivity index (χ2n) is 5.90. The van der Waals surface area contributed by atoms with Gasteiger partial charge in [-0.1, -0.05) is 31.9 Å². The Bertz CT molecular complexity index is 535. The topological polar surface area (TPSA) is 64.9 Å². The van der Waals surface area contributed by atoms with Crippen LogP contribution in [-0.2, 0) is 4.79 Å². The minimum Gasteiger partial charge on any atom is -0.324 e. The maximum Gasteiger partial charge on any atom is 0.241 e. The molecule has 1 amide bonds. The van der Waals surface area contributed by atoms with Crippen LogP contribution in [0.4, 0.5) is 5.69 Å². The van der Waals surface area contributed by atoms with Gasteiger partial charge in [0.1, 0.15) is 6.07 Å². The third-order valence-electron chi connectivity index (χ3n) is 4.27. The maximum atomic E-state index is 12.3. The van der Waals surface area contributed by atoms with E-state index in [0.29, 0.717) is 23.2 Å². The molecule has 4 nitrogen and oxygen atoms in total. The third-order valence-corrected chi connectivity index (χ3v) is 4.27. The van der Waals surface area contributed by atoms with Gasteiger partial charge in [-0.05, 0) is 37.8 Å². The summed E-state index contributed by atoms with van der Waals surface area (Å²) < 4.78 is 0. The largest absolute Gasteiger partial charge is 0.324 e. The van der Waals surface area contributed by atoms with Gasteiger partial charge in [0.25, 0.3) is 0 Å². The van der Waals surface area contributed by atoms with Crippen LogP contribution in [0.3, 0.4) is 0 Å². The molecule has 0 bridgehead atoms. The molecule has 0 spiro atoms. The number of nitrogens with zero attached hydrogens (tertiary/aromatic N) is 1. The molecule has 1 aliphatic carbocycles. The number of carbonyl (C=O) groups excluding carboxylic acids is 1. The molecule has 2 N–H and O–H groups in total. The summed E-state index contributed by atoms with van der Waals surface area (Å²) in [6.45, 7) is 4.12. The molecule has 112 valence electrons. The molecule has 1 aromatic carbocycles. The zero-order valence-corrected chi connectivity index (χ0v) is 12.7.